The van der Waals surface area contributed by atoms with E-state index in [9.17, 15) is 4.79 Å². The fourth-order valence-corrected chi connectivity index (χ4v) is 0.466. The van der Waals surface area contributed by atoms with Crippen molar-refractivity contribution in [1.82, 2.24) is 5.32 Å². The van der Waals surface area contributed by atoms with E-state index in [2.05, 4.69) is 5.32 Å². The van der Waals surface area contributed by atoms with E-state index in [4.69, 9.17) is 5.11 Å². The molecule has 0 saturated heterocycles. The zero-order valence-electron chi connectivity index (χ0n) is 6.72. The lowest BCUT2D eigenvalue weighted by Gasteiger charge is -2.16. The predicted octanol–water partition coefficient (Wildman–Crippen LogP) is 0.139. The molecule has 0 fully saturated rings. The van der Waals surface area contributed by atoms with Crippen LogP contribution in [0.25, 0.3) is 0 Å². The van der Waals surface area contributed by atoms with Gasteiger partial charge in [0.25, 0.3) is 0 Å². The van der Waals surface area contributed by atoms with Crippen molar-refractivity contribution in [2.45, 2.75) is 26.8 Å². The summed E-state index contributed by atoms with van der Waals surface area (Å²) in [7, 11) is 0. The van der Waals surface area contributed by atoms with Crippen LogP contribution in [-0.2, 0) is 4.79 Å². The highest BCUT2D eigenvalue weighted by Crippen LogP contribution is 1.98. The Hall–Kier alpha value is -0.570. The van der Waals surface area contributed by atoms with Crippen molar-refractivity contribution < 1.29 is 9.90 Å². The standard InChI is InChI=1S/C7H15NO2/c1-5(2)6(3)8-7(10)4-9/h5-6,9H,4H2,1-3H3,(H,8,10)/t6-/m0/s1. The Kier molecular flexibility index (Phi) is 4.03. The molecule has 0 heterocycles. The lowest BCUT2D eigenvalue weighted by atomic mass is 10.1. The summed E-state index contributed by atoms with van der Waals surface area (Å²) in [6.45, 7) is 5.53. The van der Waals surface area contributed by atoms with Gasteiger partial charge in [-0.2, -0.15) is 0 Å². The van der Waals surface area contributed by atoms with Gasteiger partial charge in [0.2, 0.25) is 5.91 Å². The van der Waals surface area contributed by atoms with Gasteiger partial charge in [-0.1, -0.05) is 13.8 Å². The maximum atomic E-state index is 10.6. The van der Waals surface area contributed by atoms with E-state index in [0.717, 1.165) is 0 Å². The minimum atomic E-state index is -0.420. The number of aliphatic hydroxyl groups excluding tert-OH is 1. The van der Waals surface area contributed by atoms with E-state index in [0.29, 0.717) is 5.92 Å². The molecule has 0 spiro atoms. The van der Waals surface area contributed by atoms with E-state index in [1.54, 1.807) is 0 Å². The normalized spacial score (nSPS) is 13.3. The summed E-state index contributed by atoms with van der Waals surface area (Å²) in [4.78, 5) is 10.6. The Balaban J connectivity index is 3.57. The van der Waals surface area contributed by atoms with Crippen LogP contribution in [0.4, 0.5) is 0 Å². The second-order valence-corrected chi connectivity index (χ2v) is 2.76. The number of carbonyl (C=O) groups is 1. The number of hydrogen-bond acceptors (Lipinski definition) is 2. The molecule has 0 saturated carbocycles. The highest BCUT2D eigenvalue weighted by atomic mass is 16.3. The van der Waals surface area contributed by atoms with Gasteiger partial charge in [0, 0.05) is 6.04 Å². The third-order valence-corrected chi connectivity index (χ3v) is 1.53. The van der Waals surface area contributed by atoms with Gasteiger partial charge in [-0.25, -0.2) is 0 Å². The monoisotopic (exact) mass is 145 g/mol. The first-order valence-electron chi connectivity index (χ1n) is 3.48. The second kappa shape index (κ2) is 4.28. The molecule has 2 N–H and O–H groups in total. The fraction of sp³-hybridized carbons (Fsp3) is 0.857. The summed E-state index contributed by atoms with van der Waals surface area (Å²) >= 11 is 0. The molecule has 0 aromatic rings. The first-order chi connectivity index (χ1) is 4.57. The maximum absolute atomic E-state index is 10.6. The van der Waals surface area contributed by atoms with E-state index in [1.165, 1.54) is 0 Å². The first kappa shape index (κ1) is 9.43. The fourth-order valence-electron chi connectivity index (χ4n) is 0.466. The molecule has 1 amide bonds. The van der Waals surface area contributed by atoms with Crippen LogP contribution in [0.5, 0.6) is 0 Å². The van der Waals surface area contributed by atoms with Crippen LogP contribution in [0, 0.1) is 5.92 Å². The lowest BCUT2D eigenvalue weighted by Crippen LogP contribution is -2.37. The molecule has 0 aromatic carbocycles. The van der Waals surface area contributed by atoms with Gasteiger partial charge in [-0.15, -0.1) is 0 Å². The molecule has 0 radical (unpaired) electrons. The van der Waals surface area contributed by atoms with Crippen molar-refractivity contribution in [3.63, 3.8) is 0 Å². The number of hydrogen-bond donors (Lipinski definition) is 2. The third kappa shape index (κ3) is 3.45. The molecule has 0 aliphatic heterocycles. The Morgan fingerprint density at radius 1 is 1.50 bits per heavy atom. The van der Waals surface area contributed by atoms with Gasteiger partial charge in [-0.3, -0.25) is 4.79 Å². The zero-order valence-corrected chi connectivity index (χ0v) is 6.72. The second-order valence-electron chi connectivity index (χ2n) is 2.76. The van der Waals surface area contributed by atoms with Gasteiger partial charge in [0.15, 0.2) is 0 Å². The van der Waals surface area contributed by atoms with E-state index in [-0.39, 0.29) is 11.9 Å². The number of carbonyl (C=O) groups excluding carboxylic acids is 1. The van der Waals surface area contributed by atoms with Crippen LogP contribution in [0.2, 0.25) is 0 Å². The highest BCUT2D eigenvalue weighted by molar-refractivity contribution is 5.77. The molecular formula is C7H15NO2. The smallest absolute Gasteiger partial charge is 0.245 e. The first-order valence-corrected chi connectivity index (χ1v) is 3.48. The summed E-state index contributed by atoms with van der Waals surface area (Å²) in [6.07, 6.45) is 0. The molecule has 0 rings (SSSR count). The Morgan fingerprint density at radius 2 is 2.00 bits per heavy atom. The maximum Gasteiger partial charge on any atom is 0.245 e. The van der Waals surface area contributed by atoms with Gasteiger partial charge in [0.05, 0.1) is 0 Å². The Bertz CT molecular complexity index is 112. The molecule has 60 valence electrons. The number of nitrogens with one attached hydrogen (secondary N) is 1. The molecule has 0 aromatic heterocycles. The van der Waals surface area contributed by atoms with Gasteiger partial charge >= 0.3 is 0 Å². The van der Waals surface area contributed by atoms with Gasteiger partial charge < -0.3 is 10.4 Å². The van der Waals surface area contributed by atoms with Crippen LogP contribution in [0.3, 0.4) is 0 Å². The van der Waals surface area contributed by atoms with Crippen molar-refractivity contribution in [3.8, 4) is 0 Å². The summed E-state index contributed by atoms with van der Waals surface area (Å²) in [6, 6.07) is 0.139. The largest absolute Gasteiger partial charge is 0.387 e. The SMILES string of the molecule is CC(C)[C@H](C)NC(=O)CO. The molecule has 1 atom stereocenters. The number of amides is 1. The summed E-state index contributed by atoms with van der Waals surface area (Å²) in [5.41, 5.74) is 0. The summed E-state index contributed by atoms with van der Waals surface area (Å²) < 4.78 is 0. The van der Waals surface area contributed by atoms with Crippen LogP contribution in [-0.4, -0.2) is 23.7 Å². The molecule has 0 aliphatic carbocycles. The minimum Gasteiger partial charge on any atom is -0.387 e. The van der Waals surface area contributed by atoms with Crippen molar-refractivity contribution in [1.29, 1.82) is 0 Å². The molecule has 0 bridgehead atoms. The minimum absolute atomic E-state index is 0.139. The van der Waals surface area contributed by atoms with Crippen LogP contribution in [0.15, 0.2) is 0 Å². The van der Waals surface area contributed by atoms with E-state index < -0.39 is 6.61 Å². The molecular weight excluding hydrogens is 130 g/mol. The van der Waals surface area contributed by atoms with Crippen LogP contribution in [0.1, 0.15) is 20.8 Å². The molecule has 0 unspecified atom stereocenters. The van der Waals surface area contributed by atoms with E-state index >= 15 is 0 Å². The Morgan fingerprint density at radius 3 is 2.30 bits per heavy atom. The predicted molar refractivity (Wildman–Crippen MR) is 39.5 cm³/mol. The number of rotatable bonds is 3. The highest BCUT2D eigenvalue weighted by Gasteiger charge is 2.08. The van der Waals surface area contributed by atoms with Crippen LogP contribution >= 0.6 is 0 Å². The molecule has 10 heavy (non-hydrogen) atoms. The quantitative estimate of drug-likeness (QED) is 0.593. The van der Waals surface area contributed by atoms with Crippen LogP contribution < -0.4 is 5.32 Å². The average molecular weight is 145 g/mol. The summed E-state index contributed by atoms with van der Waals surface area (Å²) in [5.74, 6) is 0.108. The molecule has 3 nitrogen and oxygen atoms in total. The molecule has 3 heteroatoms. The van der Waals surface area contributed by atoms with Crippen molar-refractivity contribution in [3.05, 3.63) is 0 Å². The lowest BCUT2D eigenvalue weighted by molar-refractivity contribution is -0.124. The summed E-state index contributed by atoms with van der Waals surface area (Å²) in [5, 5.41) is 11.0. The van der Waals surface area contributed by atoms with Gasteiger partial charge in [-0.05, 0) is 12.8 Å². The average Bonchev–Trinajstić information content (AvgIpc) is 1.87. The van der Waals surface area contributed by atoms with Crippen molar-refractivity contribution in [2.24, 2.45) is 5.92 Å². The topological polar surface area (TPSA) is 49.3 Å². The number of aliphatic hydroxyl groups is 1. The van der Waals surface area contributed by atoms with E-state index in [1.807, 2.05) is 20.8 Å². The third-order valence-electron chi connectivity index (χ3n) is 1.53. The Labute approximate surface area is 61.4 Å². The van der Waals surface area contributed by atoms with Gasteiger partial charge in [0.1, 0.15) is 6.61 Å². The molecule has 0 aliphatic rings. The van der Waals surface area contributed by atoms with Crippen molar-refractivity contribution in [2.75, 3.05) is 6.61 Å². The van der Waals surface area contributed by atoms with Crippen molar-refractivity contribution >= 4 is 5.91 Å². The zero-order chi connectivity index (χ0) is 8.15.